The molecular weight excluding hydrogens is 188 g/mol. The van der Waals surface area contributed by atoms with Crippen molar-refractivity contribution in [2.24, 2.45) is 0 Å². The van der Waals surface area contributed by atoms with E-state index in [2.05, 4.69) is 41.5 Å². The van der Waals surface area contributed by atoms with E-state index in [-0.39, 0.29) is 11.2 Å². The molecule has 94 valence electrons. The minimum Gasteiger partial charge on any atom is -0.376 e. The third-order valence-electron chi connectivity index (χ3n) is 1.96. The fourth-order valence-corrected chi connectivity index (χ4v) is 0.926. The molecule has 0 aliphatic rings. The second-order valence-corrected chi connectivity index (χ2v) is 5.09. The van der Waals surface area contributed by atoms with E-state index in [0.29, 0.717) is 0 Å². The smallest absolute Gasteiger partial charge is 0.0623 e. The van der Waals surface area contributed by atoms with Crippen LogP contribution < -0.4 is 0 Å². The quantitative estimate of drug-likeness (QED) is 0.709. The summed E-state index contributed by atoms with van der Waals surface area (Å²) in [6.07, 6.45) is 1.08. The molecule has 0 saturated heterocycles. The van der Waals surface area contributed by atoms with Crippen LogP contribution in [0.4, 0.5) is 0 Å². The van der Waals surface area contributed by atoms with Crippen LogP contribution in [0.15, 0.2) is 0 Å². The van der Waals surface area contributed by atoms with E-state index >= 15 is 0 Å². The fraction of sp³-hybridized carbons (Fsp3) is 1.00. The molecule has 2 nitrogen and oxygen atoms in total. The lowest BCUT2D eigenvalue weighted by molar-refractivity contribution is -0.0125. The van der Waals surface area contributed by atoms with Gasteiger partial charge in [0, 0.05) is 13.2 Å². The largest absolute Gasteiger partial charge is 0.376 e. The molecule has 2 heteroatoms. The summed E-state index contributed by atoms with van der Waals surface area (Å²) in [5.41, 5.74) is 0.142. The van der Waals surface area contributed by atoms with Crippen LogP contribution in [0, 0.1) is 0 Å². The third kappa shape index (κ3) is 16.6. The Morgan fingerprint density at radius 1 is 0.733 bits per heavy atom. The molecule has 0 aromatic heterocycles. The normalized spacial score (nSPS) is 12.0. The van der Waals surface area contributed by atoms with Crippen molar-refractivity contribution in [2.45, 2.75) is 73.0 Å². The first-order valence-electron chi connectivity index (χ1n) is 5.96. The van der Waals surface area contributed by atoms with Crippen LogP contribution >= 0.6 is 0 Å². The first-order chi connectivity index (χ1) is 6.68. The highest BCUT2D eigenvalue weighted by Crippen LogP contribution is 2.12. The molecule has 0 aromatic carbocycles. The molecule has 0 unspecified atom stereocenters. The first kappa shape index (κ1) is 17.3. The van der Waals surface area contributed by atoms with Gasteiger partial charge in [0.05, 0.1) is 11.2 Å². The van der Waals surface area contributed by atoms with Crippen molar-refractivity contribution in [3.05, 3.63) is 0 Å². The maximum atomic E-state index is 5.38. The molecule has 15 heavy (non-hydrogen) atoms. The van der Waals surface area contributed by atoms with Gasteiger partial charge < -0.3 is 9.47 Å². The Labute approximate surface area is 96.4 Å². The van der Waals surface area contributed by atoms with Gasteiger partial charge in [-0.25, -0.2) is 0 Å². The standard InChI is InChI=1S/C7H16O.C6H14O/c1-5-7(3,4)8-6-2;1-5-7-6(2,3)4/h5-6H2,1-4H3;5H2,1-4H3. The highest BCUT2D eigenvalue weighted by atomic mass is 16.5. The SMILES string of the molecule is CCOC(C)(C)C.CCOC(C)(C)CC. The summed E-state index contributed by atoms with van der Waals surface area (Å²) < 4.78 is 10.6. The molecule has 0 bridgehead atoms. The lowest BCUT2D eigenvalue weighted by Gasteiger charge is -2.21. The zero-order valence-electron chi connectivity index (χ0n) is 11.9. The molecule has 0 N–H and O–H groups in total. The summed E-state index contributed by atoms with van der Waals surface area (Å²) in [7, 11) is 0. The van der Waals surface area contributed by atoms with Crippen LogP contribution in [0.5, 0.6) is 0 Å². The Kier molecular flexibility index (Phi) is 9.37. The van der Waals surface area contributed by atoms with E-state index in [0.717, 1.165) is 19.6 Å². The first-order valence-corrected chi connectivity index (χ1v) is 5.96. The fourth-order valence-electron chi connectivity index (χ4n) is 0.926. The van der Waals surface area contributed by atoms with Gasteiger partial charge in [-0.2, -0.15) is 0 Å². The third-order valence-corrected chi connectivity index (χ3v) is 1.96. The van der Waals surface area contributed by atoms with Crippen molar-refractivity contribution in [3.8, 4) is 0 Å². The van der Waals surface area contributed by atoms with E-state index < -0.39 is 0 Å². The molecule has 0 fully saturated rings. The lowest BCUT2D eigenvalue weighted by atomic mass is 10.1. The minimum absolute atomic E-state index is 0.0503. The van der Waals surface area contributed by atoms with Gasteiger partial charge in [0.2, 0.25) is 0 Å². The summed E-state index contributed by atoms with van der Waals surface area (Å²) in [6.45, 7) is 18.2. The Hall–Kier alpha value is -0.0800. The van der Waals surface area contributed by atoms with Gasteiger partial charge in [-0.3, -0.25) is 0 Å². The van der Waals surface area contributed by atoms with Crippen molar-refractivity contribution in [1.82, 2.24) is 0 Å². The summed E-state index contributed by atoms with van der Waals surface area (Å²) >= 11 is 0. The lowest BCUT2D eigenvalue weighted by Crippen LogP contribution is -2.22. The molecule has 0 saturated carbocycles. The van der Waals surface area contributed by atoms with Crippen molar-refractivity contribution in [2.75, 3.05) is 13.2 Å². The van der Waals surface area contributed by atoms with Crippen LogP contribution in [-0.4, -0.2) is 24.4 Å². The molecule has 0 spiro atoms. The van der Waals surface area contributed by atoms with Crippen LogP contribution in [0.2, 0.25) is 0 Å². The summed E-state index contributed by atoms with van der Waals surface area (Å²) in [6, 6.07) is 0. The monoisotopic (exact) mass is 218 g/mol. The van der Waals surface area contributed by atoms with Crippen LogP contribution in [0.25, 0.3) is 0 Å². The predicted octanol–water partition coefficient (Wildman–Crippen LogP) is 4.03. The molecule has 0 radical (unpaired) electrons. The van der Waals surface area contributed by atoms with Gasteiger partial charge in [0.15, 0.2) is 0 Å². The van der Waals surface area contributed by atoms with E-state index in [1.165, 1.54) is 0 Å². The van der Waals surface area contributed by atoms with Gasteiger partial charge in [-0.1, -0.05) is 6.92 Å². The Balaban J connectivity index is 0. The maximum Gasteiger partial charge on any atom is 0.0623 e. The zero-order valence-corrected chi connectivity index (χ0v) is 11.9. The van der Waals surface area contributed by atoms with E-state index in [1.807, 2.05) is 13.8 Å². The summed E-state index contributed by atoms with van der Waals surface area (Å²) in [4.78, 5) is 0. The van der Waals surface area contributed by atoms with Crippen LogP contribution in [0.3, 0.4) is 0 Å². The van der Waals surface area contributed by atoms with Gasteiger partial charge in [-0.15, -0.1) is 0 Å². The van der Waals surface area contributed by atoms with Gasteiger partial charge in [0.1, 0.15) is 0 Å². The molecule has 0 aliphatic carbocycles. The number of hydrogen-bond donors (Lipinski definition) is 0. The van der Waals surface area contributed by atoms with E-state index in [9.17, 15) is 0 Å². The Bertz CT molecular complexity index is 134. The predicted molar refractivity (Wildman–Crippen MR) is 67.4 cm³/mol. The molecular formula is C13H30O2. The number of ether oxygens (including phenoxy) is 2. The van der Waals surface area contributed by atoms with Gasteiger partial charge in [-0.05, 0) is 54.9 Å². The zero-order chi connectivity index (χ0) is 12.5. The molecule has 0 heterocycles. The second-order valence-electron chi connectivity index (χ2n) is 5.09. The second kappa shape index (κ2) is 8.12. The molecule has 0 atom stereocenters. The molecule has 0 amide bonds. The van der Waals surface area contributed by atoms with Crippen molar-refractivity contribution in [3.63, 3.8) is 0 Å². The van der Waals surface area contributed by atoms with Crippen molar-refractivity contribution < 1.29 is 9.47 Å². The summed E-state index contributed by atoms with van der Waals surface area (Å²) in [5, 5.41) is 0. The summed E-state index contributed by atoms with van der Waals surface area (Å²) in [5.74, 6) is 0. The molecule has 0 aromatic rings. The van der Waals surface area contributed by atoms with Crippen molar-refractivity contribution >= 4 is 0 Å². The maximum absolute atomic E-state index is 5.38. The highest BCUT2D eigenvalue weighted by Gasteiger charge is 2.12. The highest BCUT2D eigenvalue weighted by molar-refractivity contribution is 4.63. The van der Waals surface area contributed by atoms with Crippen LogP contribution in [0.1, 0.15) is 61.8 Å². The van der Waals surface area contributed by atoms with Gasteiger partial charge >= 0.3 is 0 Å². The number of hydrogen-bond acceptors (Lipinski definition) is 2. The number of rotatable bonds is 4. The van der Waals surface area contributed by atoms with Crippen LogP contribution in [-0.2, 0) is 9.47 Å². The topological polar surface area (TPSA) is 18.5 Å². The van der Waals surface area contributed by atoms with E-state index in [1.54, 1.807) is 0 Å². The minimum atomic E-state index is 0.0503. The Morgan fingerprint density at radius 3 is 1.20 bits per heavy atom. The van der Waals surface area contributed by atoms with E-state index in [4.69, 9.17) is 9.47 Å². The average Bonchev–Trinajstić information content (AvgIpc) is 2.03. The Morgan fingerprint density at radius 2 is 1.13 bits per heavy atom. The van der Waals surface area contributed by atoms with Crippen molar-refractivity contribution in [1.29, 1.82) is 0 Å². The average molecular weight is 218 g/mol. The molecule has 0 rings (SSSR count). The molecule has 0 aliphatic heterocycles. The van der Waals surface area contributed by atoms with Gasteiger partial charge in [0.25, 0.3) is 0 Å².